The molecule has 0 atom stereocenters. The largest absolute Gasteiger partial charge is 0.478 e. The first kappa shape index (κ1) is 26.0. The first-order valence-corrected chi connectivity index (χ1v) is 11.7. The van der Waals surface area contributed by atoms with E-state index in [2.05, 4.69) is 26.6 Å². The number of rotatable bonds is 4. The first-order chi connectivity index (χ1) is 17.6. The van der Waals surface area contributed by atoms with Gasteiger partial charge in [-0.15, -0.1) is 0 Å². The van der Waals surface area contributed by atoms with Crippen LogP contribution in [-0.4, -0.2) is 32.1 Å². The number of fused-ring (bicyclic) bond motifs is 1. The van der Waals surface area contributed by atoms with Gasteiger partial charge in [0.2, 0.25) is 0 Å². The molecule has 3 N–H and O–H groups in total. The van der Waals surface area contributed by atoms with Crippen molar-refractivity contribution < 1.29 is 23.1 Å². The highest BCUT2D eigenvalue weighted by atomic mass is 19.4. The Kier molecular flexibility index (Phi) is 7.63. The maximum absolute atomic E-state index is 12.4. The van der Waals surface area contributed by atoms with Crippen molar-refractivity contribution in [2.45, 2.75) is 25.7 Å². The lowest BCUT2D eigenvalue weighted by atomic mass is 9.99. The molecule has 1 aromatic heterocycles. The van der Waals surface area contributed by atoms with Crippen molar-refractivity contribution in [3.63, 3.8) is 0 Å². The summed E-state index contributed by atoms with van der Waals surface area (Å²) in [4.78, 5) is 17.7. The van der Waals surface area contributed by atoms with E-state index in [1.807, 2.05) is 25.6 Å². The number of nitrogens with zero attached hydrogens (tertiary/aromatic N) is 3. The number of carboxylic acid groups (broad SMARTS) is 1. The molecule has 2 heterocycles. The molecule has 1 aliphatic rings. The van der Waals surface area contributed by atoms with Crippen molar-refractivity contribution in [3.8, 4) is 11.1 Å². The quantitative estimate of drug-likeness (QED) is 0.349. The van der Waals surface area contributed by atoms with Crippen LogP contribution in [0.1, 0.15) is 32.7 Å². The number of halogens is 3. The number of carbonyl (C=O) groups is 1. The molecule has 9 heteroatoms. The van der Waals surface area contributed by atoms with E-state index in [0.29, 0.717) is 11.1 Å². The van der Waals surface area contributed by atoms with Gasteiger partial charge >= 0.3 is 12.1 Å². The number of aromatic nitrogens is 2. The molecular weight excluding hydrogens is 481 g/mol. The van der Waals surface area contributed by atoms with Gasteiger partial charge < -0.3 is 15.4 Å². The Balaban J connectivity index is 0.000000173. The molecule has 37 heavy (non-hydrogen) atoms. The van der Waals surface area contributed by atoms with Crippen molar-refractivity contribution in [2.75, 3.05) is 12.3 Å². The van der Waals surface area contributed by atoms with Crippen molar-refractivity contribution in [1.82, 2.24) is 14.5 Å². The first-order valence-electron chi connectivity index (χ1n) is 11.7. The summed E-state index contributed by atoms with van der Waals surface area (Å²) in [5, 5.41) is 9.03. The smallest absolute Gasteiger partial charge is 0.416 e. The van der Waals surface area contributed by atoms with E-state index in [-0.39, 0.29) is 5.56 Å². The molecule has 6 nitrogen and oxygen atoms in total. The summed E-state index contributed by atoms with van der Waals surface area (Å²) < 4.78 is 39.4. The maximum Gasteiger partial charge on any atom is 0.416 e. The van der Waals surface area contributed by atoms with Gasteiger partial charge in [-0.25, -0.2) is 9.78 Å². The van der Waals surface area contributed by atoms with Gasteiger partial charge in [0.1, 0.15) is 0 Å². The Bertz CT molecular complexity index is 1380. The van der Waals surface area contributed by atoms with Gasteiger partial charge in [-0.1, -0.05) is 36.4 Å². The summed E-state index contributed by atoms with van der Waals surface area (Å²) in [6.07, 6.45) is 0.482. The maximum atomic E-state index is 12.4. The Morgan fingerprint density at radius 1 is 1.05 bits per heavy atom. The second kappa shape index (κ2) is 10.9. The highest BCUT2D eigenvalue weighted by Gasteiger charge is 2.30. The third-order valence-electron chi connectivity index (χ3n) is 6.30. The fourth-order valence-corrected chi connectivity index (χ4v) is 4.29. The average molecular weight is 509 g/mol. The molecule has 4 aromatic rings. The van der Waals surface area contributed by atoms with Crippen LogP contribution >= 0.6 is 0 Å². The number of aryl methyl sites for hydroxylation is 1. The molecule has 0 saturated heterocycles. The number of hydrogen-bond acceptors (Lipinski definition) is 4. The highest BCUT2D eigenvalue weighted by Crippen LogP contribution is 2.31. The van der Waals surface area contributed by atoms with E-state index in [4.69, 9.17) is 10.8 Å². The lowest BCUT2D eigenvalue weighted by Gasteiger charge is -2.28. The van der Waals surface area contributed by atoms with Crippen LogP contribution < -0.4 is 5.73 Å². The number of nitrogens with two attached hydrogens (primary N) is 1. The van der Waals surface area contributed by atoms with Gasteiger partial charge in [0.05, 0.1) is 23.1 Å². The molecule has 0 fully saturated rings. The van der Waals surface area contributed by atoms with Crippen LogP contribution in [-0.2, 0) is 32.7 Å². The SMILES string of the molecule is Cn1cncc1CN1CCc2cc(N)ccc2C1.O=C(O)c1ccccc1-c1ccc(C(F)(F)F)cc1. The number of anilines is 1. The minimum atomic E-state index is -4.40. The average Bonchev–Trinajstić information content (AvgIpc) is 3.28. The van der Waals surface area contributed by atoms with Crippen molar-refractivity contribution in [1.29, 1.82) is 0 Å². The minimum absolute atomic E-state index is 0.0576. The molecule has 192 valence electrons. The van der Waals surface area contributed by atoms with Crippen LogP contribution in [0.5, 0.6) is 0 Å². The van der Waals surface area contributed by atoms with Crippen molar-refractivity contribution >= 4 is 11.7 Å². The second-order valence-corrected chi connectivity index (χ2v) is 8.91. The van der Waals surface area contributed by atoms with E-state index in [0.717, 1.165) is 43.9 Å². The van der Waals surface area contributed by atoms with E-state index in [9.17, 15) is 18.0 Å². The van der Waals surface area contributed by atoms with Gasteiger partial charge in [-0.2, -0.15) is 13.2 Å². The summed E-state index contributed by atoms with van der Waals surface area (Å²) in [6.45, 7) is 3.04. The third kappa shape index (κ3) is 6.37. The second-order valence-electron chi connectivity index (χ2n) is 8.91. The molecule has 0 bridgehead atoms. The van der Waals surface area contributed by atoms with Crippen LogP contribution in [0.3, 0.4) is 0 Å². The number of aromatic carboxylic acids is 1. The lowest BCUT2D eigenvalue weighted by Crippen LogP contribution is -2.30. The predicted octanol–water partition coefficient (Wildman–Crippen LogP) is 5.63. The van der Waals surface area contributed by atoms with Gasteiger partial charge in [-0.05, 0) is 59.0 Å². The molecule has 5 rings (SSSR count). The van der Waals surface area contributed by atoms with Gasteiger partial charge in [0.15, 0.2) is 0 Å². The van der Waals surface area contributed by atoms with Crippen LogP contribution in [0.2, 0.25) is 0 Å². The fraction of sp³-hybridized carbons (Fsp3) is 0.214. The zero-order chi connectivity index (χ0) is 26.6. The summed E-state index contributed by atoms with van der Waals surface area (Å²) in [6, 6.07) is 16.8. The summed E-state index contributed by atoms with van der Waals surface area (Å²) >= 11 is 0. The van der Waals surface area contributed by atoms with Gasteiger partial charge in [0, 0.05) is 38.6 Å². The molecule has 0 radical (unpaired) electrons. The van der Waals surface area contributed by atoms with Crippen LogP contribution in [0.4, 0.5) is 18.9 Å². The molecule has 0 amide bonds. The Labute approximate surface area is 212 Å². The van der Waals surface area contributed by atoms with E-state index in [1.54, 1.807) is 18.2 Å². The number of alkyl halides is 3. The van der Waals surface area contributed by atoms with Crippen molar-refractivity contribution in [3.05, 3.63) is 107 Å². The molecule has 0 saturated carbocycles. The normalized spacial score (nSPS) is 13.4. The lowest BCUT2D eigenvalue weighted by molar-refractivity contribution is -0.137. The van der Waals surface area contributed by atoms with E-state index < -0.39 is 17.7 Å². The number of carboxylic acids is 1. The summed E-state index contributed by atoms with van der Waals surface area (Å²) in [5.74, 6) is -1.12. The monoisotopic (exact) mass is 508 g/mol. The number of hydrogen-bond donors (Lipinski definition) is 2. The summed E-state index contributed by atoms with van der Waals surface area (Å²) in [5.41, 5.74) is 10.9. The molecule has 0 aliphatic carbocycles. The zero-order valence-corrected chi connectivity index (χ0v) is 20.2. The van der Waals surface area contributed by atoms with Gasteiger partial charge in [0.25, 0.3) is 0 Å². The Morgan fingerprint density at radius 2 is 1.78 bits per heavy atom. The van der Waals surface area contributed by atoms with E-state index in [1.165, 1.54) is 35.0 Å². The molecule has 3 aromatic carbocycles. The fourth-order valence-electron chi connectivity index (χ4n) is 4.29. The highest BCUT2D eigenvalue weighted by molar-refractivity contribution is 5.96. The summed E-state index contributed by atoms with van der Waals surface area (Å²) in [7, 11) is 2.04. The number of imidazole rings is 1. The Morgan fingerprint density at radius 3 is 2.43 bits per heavy atom. The zero-order valence-electron chi connectivity index (χ0n) is 20.2. The van der Waals surface area contributed by atoms with Crippen LogP contribution in [0, 0.1) is 0 Å². The standard InChI is InChI=1S/C14H9F3O2.C14H18N4/c15-14(16,17)10-7-5-9(6-8-10)11-3-1-2-4-12(11)13(18)19;1-17-10-16-7-14(17)9-18-5-4-11-6-13(15)3-2-12(11)8-18/h1-8H,(H,18,19);2-3,6-7,10H,4-5,8-9,15H2,1H3. The van der Waals surface area contributed by atoms with Crippen LogP contribution in [0.25, 0.3) is 11.1 Å². The molecule has 1 aliphatic heterocycles. The van der Waals surface area contributed by atoms with Crippen molar-refractivity contribution in [2.24, 2.45) is 7.05 Å². The Hall–Kier alpha value is -4.11. The predicted molar refractivity (Wildman–Crippen MR) is 136 cm³/mol. The number of nitrogen functional groups attached to an aromatic ring is 1. The van der Waals surface area contributed by atoms with E-state index >= 15 is 0 Å². The van der Waals surface area contributed by atoms with Gasteiger partial charge in [-0.3, -0.25) is 4.90 Å². The molecule has 0 spiro atoms. The minimum Gasteiger partial charge on any atom is -0.478 e. The van der Waals surface area contributed by atoms with Crippen LogP contribution in [0.15, 0.2) is 79.3 Å². The number of benzene rings is 3. The molecule has 0 unspecified atom stereocenters. The third-order valence-corrected chi connectivity index (χ3v) is 6.30. The topological polar surface area (TPSA) is 84.4 Å². The molecular formula is C28H27F3N4O2.